The summed E-state index contributed by atoms with van der Waals surface area (Å²) < 4.78 is 0.901. The summed E-state index contributed by atoms with van der Waals surface area (Å²) in [5.41, 5.74) is 0. The first-order chi connectivity index (χ1) is 6.65. The molecular formula is C9H13BrN2OS. The van der Waals surface area contributed by atoms with E-state index in [4.69, 9.17) is 5.11 Å². The molecule has 0 aromatic carbocycles. The third-order valence-electron chi connectivity index (χ3n) is 2.53. The molecule has 1 aromatic heterocycles. The molecule has 2 rings (SSSR count). The molecule has 1 fully saturated rings. The number of hydrogen-bond acceptors (Lipinski definition) is 4. The third kappa shape index (κ3) is 2.27. The Morgan fingerprint density at radius 3 is 2.93 bits per heavy atom. The Bertz CT molecular complexity index is 312. The first-order valence-electron chi connectivity index (χ1n) is 4.65. The molecule has 3 nitrogen and oxygen atoms in total. The van der Waals surface area contributed by atoms with Crippen LogP contribution in [0.5, 0.6) is 0 Å². The molecule has 0 radical (unpaired) electrons. The van der Waals surface area contributed by atoms with E-state index in [0.29, 0.717) is 5.92 Å². The van der Waals surface area contributed by atoms with Gasteiger partial charge in [-0.15, -0.1) is 11.3 Å². The lowest BCUT2D eigenvalue weighted by Crippen LogP contribution is -2.37. The Morgan fingerprint density at radius 2 is 2.43 bits per heavy atom. The van der Waals surface area contributed by atoms with E-state index in [1.807, 2.05) is 5.38 Å². The van der Waals surface area contributed by atoms with Crippen molar-refractivity contribution >= 4 is 32.4 Å². The molecule has 5 heteroatoms. The van der Waals surface area contributed by atoms with Crippen LogP contribution in [0.4, 0.5) is 5.13 Å². The van der Waals surface area contributed by atoms with Gasteiger partial charge in [0.2, 0.25) is 0 Å². The van der Waals surface area contributed by atoms with E-state index in [2.05, 4.69) is 32.9 Å². The van der Waals surface area contributed by atoms with E-state index in [1.165, 1.54) is 0 Å². The monoisotopic (exact) mass is 276 g/mol. The molecule has 0 atom stereocenters. The summed E-state index contributed by atoms with van der Waals surface area (Å²) in [5.74, 6) is 0.637. The van der Waals surface area contributed by atoms with E-state index in [1.54, 1.807) is 11.3 Å². The molecule has 0 unspecified atom stereocenters. The second-order valence-corrected chi connectivity index (χ2v) is 5.47. The minimum atomic E-state index is -0.0589. The largest absolute Gasteiger partial charge is 0.393 e. The van der Waals surface area contributed by atoms with Crippen LogP contribution in [-0.2, 0) is 0 Å². The van der Waals surface area contributed by atoms with Crippen LogP contribution in [0.1, 0.15) is 12.8 Å². The molecule has 0 amide bonds. The van der Waals surface area contributed by atoms with Crippen LogP contribution < -0.4 is 4.90 Å². The van der Waals surface area contributed by atoms with Crippen LogP contribution in [0.3, 0.4) is 0 Å². The van der Waals surface area contributed by atoms with Crippen molar-refractivity contribution in [1.29, 1.82) is 0 Å². The van der Waals surface area contributed by atoms with Crippen LogP contribution >= 0.6 is 27.3 Å². The quantitative estimate of drug-likeness (QED) is 0.919. The molecule has 1 aromatic rings. The SMILES string of the molecule is CN(CC1CC(O)C1)c1nc(Br)cs1. The van der Waals surface area contributed by atoms with Gasteiger partial charge in [0.25, 0.3) is 0 Å². The van der Waals surface area contributed by atoms with E-state index >= 15 is 0 Å². The van der Waals surface area contributed by atoms with Gasteiger partial charge in [-0.05, 0) is 34.7 Å². The Labute approximate surface area is 95.9 Å². The van der Waals surface area contributed by atoms with Crippen LogP contribution in [0.2, 0.25) is 0 Å². The van der Waals surface area contributed by atoms with Crippen molar-refractivity contribution in [3.63, 3.8) is 0 Å². The summed E-state index contributed by atoms with van der Waals surface area (Å²) in [4.78, 5) is 6.50. The van der Waals surface area contributed by atoms with E-state index < -0.39 is 0 Å². The molecular weight excluding hydrogens is 264 g/mol. The Balaban J connectivity index is 1.86. The van der Waals surface area contributed by atoms with Gasteiger partial charge in [-0.25, -0.2) is 4.98 Å². The zero-order chi connectivity index (χ0) is 10.1. The fraction of sp³-hybridized carbons (Fsp3) is 0.667. The number of aromatic nitrogens is 1. The summed E-state index contributed by atoms with van der Waals surface area (Å²) in [7, 11) is 2.05. The van der Waals surface area contributed by atoms with Gasteiger partial charge >= 0.3 is 0 Å². The van der Waals surface area contributed by atoms with Crippen LogP contribution in [0, 0.1) is 5.92 Å². The van der Waals surface area contributed by atoms with Crippen LogP contribution in [0.15, 0.2) is 9.98 Å². The average molecular weight is 277 g/mol. The molecule has 1 N–H and O–H groups in total. The molecule has 14 heavy (non-hydrogen) atoms. The van der Waals surface area contributed by atoms with Gasteiger partial charge in [-0.2, -0.15) is 0 Å². The van der Waals surface area contributed by atoms with Crippen molar-refractivity contribution in [3.8, 4) is 0 Å². The molecule has 78 valence electrons. The summed E-state index contributed by atoms with van der Waals surface area (Å²) in [5, 5.41) is 12.2. The third-order valence-corrected chi connectivity index (χ3v) is 4.20. The highest BCUT2D eigenvalue weighted by Crippen LogP contribution is 2.30. The molecule has 0 bridgehead atoms. The van der Waals surface area contributed by atoms with Gasteiger partial charge in [0, 0.05) is 19.0 Å². The number of anilines is 1. The van der Waals surface area contributed by atoms with Crippen molar-refractivity contribution in [2.24, 2.45) is 5.92 Å². The van der Waals surface area contributed by atoms with Gasteiger partial charge in [-0.1, -0.05) is 0 Å². The molecule has 1 saturated carbocycles. The van der Waals surface area contributed by atoms with E-state index in [9.17, 15) is 0 Å². The summed E-state index contributed by atoms with van der Waals surface area (Å²) in [6, 6.07) is 0. The van der Waals surface area contributed by atoms with Crippen molar-refractivity contribution in [2.45, 2.75) is 18.9 Å². The van der Waals surface area contributed by atoms with Crippen LogP contribution in [0.25, 0.3) is 0 Å². The first kappa shape index (κ1) is 10.4. The number of hydrogen-bond donors (Lipinski definition) is 1. The van der Waals surface area contributed by atoms with Gasteiger partial charge in [-0.3, -0.25) is 0 Å². The highest BCUT2D eigenvalue weighted by atomic mass is 79.9. The van der Waals surface area contributed by atoms with Crippen molar-refractivity contribution < 1.29 is 5.11 Å². The molecule has 1 aliphatic carbocycles. The van der Waals surface area contributed by atoms with Crippen molar-refractivity contribution in [2.75, 3.05) is 18.5 Å². The maximum atomic E-state index is 9.17. The van der Waals surface area contributed by atoms with Gasteiger partial charge in [0.15, 0.2) is 5.13 Å². The summed E-state index contributed by atoms with van der Waals surface area (Å²) in [6.45, 7) is 0.997. The minimum absolute atomic E-state index is 0.0589. The highest BCUT2D eigenvalue weighted by Gasteiger charge is 2.28. The Morgan fingerprint density at radius 1 is 1.71 bits per heavy atom. The standard InChI is InChI=1S/C9H13BrN2OS/c1-12(4-6-2-7(13)3-6)9-11-8(10)5-14-9/h5-7,13H,2-4H2,1H3. The first-order valence-corrected chi connectivity index (χ1v) is 6.32. The number of nitrogens with zero attached hydrogens (tertiary/aromatic N) is 2. The molecule has 1 heterocycles. The normalized spacial score (nSPS) is 25.9. The molecule has 0 aliphatic heterocycles. The lowest BCUT2D eigenvalue weighted by Gasteiger charge is -2.34. The smallest absolute Gasteiger partial charge is 0.186 e. The molecule has 0 spiro atoms. The maximum absolute atomic E-state index is 9.17. The maximum Gasteiger partial charge on any atom is 0.186 e. The average Bonchev–Trinajstić information content (AvgIpc) is 2.49. The number of rotatable bonds is 3. The molecule has 0 saturated heterocycles. The van der Waals surface area contributed by atoms with Gasteiger partial charge in [0.05, 0.1) is 6.10 Å². The number of thiazole rings is 1. The van der Waals surface area contributed by atoms with Crippen LogP contribution in [-0.4, -0.2) is 29.8 Å². The summed E-state index contributed by atoms with van der Waals surface area (Å²) >= 11 is 4.98. The predicted octanol–water partition coefficient (Wildman–Crippen LogP) is 2.11. The fourth-order valence-electron chi connectivity index (χ4n) is 1.74. The number of halogens is 1. The van der Waals surface area contributed by atoms with E-state index in [-0.39, 0.29) is 6.10 Å². The van der Waals surface area contributed by atoms with Crippen molar-refractivity contribution in [1.82, 2.24) is 4.98 Å². The predicted molar refractivity (Wildman–Crippen MR) is 61.8 cm³/mol. The zero-order valence-electron chi connectivity index (χ0n) is 7.98. The van der Waals surface area contributed by atoms with E-state index in [0.717, 1.165) is 29.1 Å². The number of aliphatic hydroxyl groups is 1. The Kier molecular flexibility index (Phi) is 3.09. The van der Waals surface area contributed by atoms with Gasteiger partial charge in [0.1, 0.15) is 4.60 Å². The second kappa shape index (κ2) is 4.16. The highest BCUT2D eigenvalue weighted by molar-refractivity contribution is 9.10. The molecule has 1 aliphatic rings. The second-order valence-electron chi connectivity index (χ2n) is 3.82. The Hall–Kier alpha value is -0.130. The lowest BCUT2D eigenvalue weighted by atomic mass is 9.82. The van der Waals surface area contributed by atoms with Crippen molar-refractivity contribution in [3.05, 3.63) is 9.98 Å². The minimum Gasteiger partial charge on any atom is -0.393 e. The topological polar surface area (TPSA) is 36.4 Å². The number of aliphatic hydroxyl groups excluding tert-OH is 1. The lowest BCUT2D eigenvalue weighted by molar-refractivity contribution is 0.0465. The fourth-order valence-corrected chi connectivity index (χ4v) is 2.96. The van der Waals surface area contributed by atoms with Gasteiger partial charge < -0.3 is 10.0 Å². The summed E-state index contributed by atoms with van der Waals surface area (Å²) in [6.07, 6.45) is 1.82. The zero-order valence-corrected chi connectivity index (χ0v) is 10.4.